The second-order valence-electron chi connectivity index (χ2n) is 6.92. The summed E-state index contributed by atoms with van der Waals surface area (Å²) in [5.41, 5.74) is 6.29. The molecule has 2 heterocycles. The summed E-state index contributed by atoms with van der Waals surface area (Å²) >= 11 is 0. The van der Waals surface area contributed by atoms with Crippen LogP contribution in [0.5, 0.6) is 0 Å². The summed E-state index contributed by atoms with van der Waals surface area (Å²) in [6, 6.07) is 4.57. The maximum atomic E-state index is 14.3. The monoisotopic (exact) mass is 348 g/mol. The highest BCUT2D eigenvalue weighted by Gasteiger charge is 2.25. The van der Waals surface area contributed by atoms with Crippen LogP contribution >= 0.6 is 0 Å². The van der Waals surface area contributed by atoms with Gasteiger partial charge in [-0.25, -0.2) is 9.18 Å². The Morgan fingerprint density at radius 1 is 1.20 bits per heavy atom. The summed E-state index contributed by atoms with van der Waals surface area (Å²) in [5, 5.41) is 2.76. The molecule has 2 aliphatic rings. The molecule has 0 spiro atoms. The molecule has 136 valence electrons. The van der Waals surface area contributed by atoms with E-state index in [9.17, 15) is 14.0 Å². The second kappa shape index (κ2) is 7.72. The molecule has 1 aromatic rings. The predicted molar refractivity (Wildman–Crippen MR) is 95.0 cm³/mol. The third-order valence-corrected chi connectivity index (χ3v) is 4.94. The third-order valence-electron chi connectivity index (χ3n) is 4.94. The molecular formula is C18H25FN4O2. The van der Waals surface area contributed by atoms with Crippen molar-refractivity contribution >= 4 is 23.3 Å². The van der Waals surface area contributed by atoms with Gasteiger partial charge in [-0.15, -0.1) is 0 Å². The van der Waals surface area contributed by atoms with Gasteiger partial charge in [0.05, 0.1) is 5.69 Å². The smallest absolute Gasteiger partial charge is 0.321 e. The van der Waals surface area contributed by atoms with Gasteiger partial charge in [0.25, 0.3) is 0 Å². The minimum absolute atomic E-state index is 0.103. The van der Waals surface area contributed by atoms with Crippen LogP contribution in [-0.4, -0.2) is 43.0 Å². The molecule has 3 amide bonds. The number of rotatable bonds is 4. The van der Waals surface area contributed by atoms with E-state index in [2.05, 4.69) is 5.32 Å². The largest absolute Gasteiger partial charge is 0.370 e. The molecule has 1 atom stereocenters. The lowest BCUT2D eigenvalue weighted by Gasteiger charge is -2.32. The number of piperidine rings is 1. The normalized spacial score (nSPS) is 20.6. The molecule has 0 radical (unpaired) electrons. The maximum absolute atomic E-state index is 14.3. The highest BCUT2D eigenvalue weighted by molar-refractivity contribution is 5.89. The average molecular weight is 348 g/mol. The molecule has 7 heteroatoms. The van der Waals surface area contributed by atoms with E-state index in [1.165, 1.54) is 6.07 Å². The third kappa shape index (κ3) is 4.41. The van der Waals surface area contributed by atoms with E-state index in [0.29, 0.717) is 30.9 Å². The lowest BCUT2D eigenvalue weighted by atomic mass is 9.95. The summed E-state index contributed by atoms with van der Waals surface area (Å²) in [4.78, 5) is 27.2. The summed E-state index contributed by atoms with van der Waals surface area (Å²) in [7, 11) is 0. The van der Waals surface area contributed by atoms with Crippen LogP contribution in [0.3, 0.4) is 0 Å². The number of amides is 3. The minimum atomic E-state index is -0.341. The number of primary amides is 1. The van der Waals surface area contributed by atoms with Gasteiger partial charge in [0, 0.05) is 38.3 Å². The first-order valence-corrected chi connectivity index (χ1v) is 8.91. The van der Waals surface area contributed by atoms with Gasteiger partial charge < -0.3 is 20.9 Å². The highest BCUT2D eigenvalue weighted by atomic mass is 19.1. The summed E-state index contributed by atoms with van der Waals surface area (Å²) in [6.07, 6.45) is 4.20. The van der Waals surface area contributed by atoms with Crippen LogP contribution in [0.1, 0.15) is 32.1 Å². The Balaban J connectivity index is 1.60. The van der Waals surface area contributed by atoms with Crippen molar-refractivity contribution in [3.05, 3.63) is 24.0 Å². The standard InChI is InChI=1S/C18H25FN4O2/c19-15-11-14(5-6-16(15)22-7-1-2-8-22)21-18(25)23-9-3-4-13(12-23)10-17(20)24/h5-6,11,13H,1-4,7-10,12H2,(H2,20,24)(H,21,25)/t13-/m1/s1. The van der Waals surface area contributed by atoms with Crippen LogP contribution in [0.25, 0.3) is 0 Å². The molecule has 2 aliphatic heterocycles. The van der Waals surface area contributed by atoms with Crippen LogP contribution in [0.2, 0.25) is 0 Å². The summed E-state index contributed by atoms with van der Waals surface area (Å²) in [5.74, 6) is -0.553. The van der Waals surface area contributed by atoms with E-state index in [1.807, 2.05) is 4.90 Å². The number of nitrogens with one attached hydrogen (secondary N) is 1. The Kier molecular flexibility index (Phi) is 5.40. The van der Waals surface area contributed by atoms with E-state index >= 15 is 0 Å². The highest BCUT2D eigenvalue weighted by Crippen LogP contribution is 2.26. The molecule has 0 aromatic heterocycles. The number of carbonyl (C=O) groups is 2. The molecule has 0 saturated carbocycles. The average Bonchev–Trinajstić information content (AvgIpc) is 3.09. The van der Waals surface area contributed by atoms with Gasteiger partial charge in [0.15, 0.2) is 0 Å². The van der Waals surface area contributed by atoms with Crippen molar-refractivity contribution in [2.24, 2.45) is 11.7 Å². The van der Waals surface area contributed by atoms with E-state index in [0.717, 1.165) is 38.8 Å². The molecule has 6 nitrogen and oxygen atoms in total. The molecule has 0 aliphatic carbocycles. The zero-order valence-electron chi connectivity index (χ0n) is 14.3. The van der Waals surface area contributed by atoms with Gasteiger partial charge in [0.1, 0.15) is 5.82 Å². The number of benzene rings is 1. The minimum Gasteiger partial charge on any atom is -0.370 e. The Morgan fingerprint density at radius 3 is 2.64 bits per heavy atom. The number of hydrogen-bond acceptors (Lipinski definition) is 3. The van der Waals surface area contributed by atoms with Gasteiger partial charge in [-0.1, -0.05) is 0 Å². The fourth-order valence-electron chi connectivity index (χ4n) is 3.70. The van der Waals surface area contributed by atoms with Crippen molar-refractivity contribution in [1.29, 1.82) is 0 Å². The van der Waals surface area contributed by atoms with E-state index in [1.54, 1.807) is 17.0 Å². The van der Waals surface area contributed by atoms with Gasteiger partial charge >= 0.3 is 6.03 Å². The fraction of sp³-hybridized carbons (Fsp3) is 0.556. The van der Waals surface area contributed by atoms with E-state index < -0.39 is 0 Å². The number of nitrogens with zero attached hydrogens (tertiary/aromatic N) is 2. The van der Waals surface area contributed by atoms with Crippen molar-refractivity contribution in [3.63, 3.8) is 0 Å². The zero-order chi connectivity index (χ0) is 17.8. The Labute approximate surface area is 147 Å². The molecule has 2 fully saturated rings. The first kappa shape index (κ1) is 17.5. The first-order valence-electron chi connectivity index (χ1n) is 8.91. The number of anilines is 2. The molecule has 25 heavy (non-hydrogen) atoms. The zero-order valence-corrected chi connectivity index (χ0v) is 14.3. The van der Waals surface area contributed by atoms with Gasteiger partial charge in [-0.3, -0.25) is 4.79 Å². The lowest BCUT2D eigenvalue weighted by molar-refractivity contribution is -0.119. The predicted octanol–water partition coefficient (Wildman–Crippen LogP) is 2.55. The van der Waals surface area contributed by atoms with Crippen molar-refractivity contribution in [1.82, 2.24) is 4.90 Å². The summed E-state index contributed by atoms with van der Waals surface area (Å²) < 4.78 is 14.3. The van der Waals surface area contributed by atoms with E-state index in [-0.39, 0.29) is 23.7 Å². The Hall–Kier alpha value is -2.31. The number of halogens is 1. The van der Waals surface area contributed by atoms with Crippen molar-refractivity contribution in [2.45, 2.75) is 32.1 Å². The molecule has 0 unspecified atom stereocenters. The van der Waals surface area contributed by atoms with Gasteiger partial charge in [-0.2, -0.15) is 0 Å². The molecule has 2 saturated heterocycles. The quantitative estimate of drug-likeness (QED) is 0.878. The number of hydrogen-bond donors (Lipinski definition) is 2. The van der Waals surface area contributed by atoms with Crippen molar-refractivity contribution in [3.8, 4) is 0 Å². The number of likely N-dealkylation sites (tertiary alicyclic amines) is 1. The van der Waals surface area contributed by atoms with Crippen molar-refractivity contribution in [2.75, 3.05) is 36.4 Å². The number of carbonyl (C=O) groups excluding carboxylic acids is 2. The molecule has 0 bridgehead atoms. The maximum Gasteiger partial charge on any atom is 0.321 e. The molecule has 3 rings (SSSR count). The molecule has 1 aromatic carbocycles. The van der Waals surface area contributed by atoms with Crippen LogP contribution in [0.4, 0.5) is 20.6 Å². The van der Waals surface area contributed by atoms with Gasteiger partial charge in [-0.05, 0) is 49.8 Å². The van der Waals surface area contributed by atoms with Gasteiger partial charge in [0.2, 0.25) is 5.91 Å². The Morgan fingerprint density at radius 2 is 1.96 bits per heavy atom. The topological polar surface area (TPSA) is 78.7 Å². The second-order valence-corrected chi connectivity index (χ2v) is 6.92. The van der Waals surface area contributed by atoms with E-state index in [4.69, 9.17) is 5.73 Å². The fourth-order valence-corrected chi connectivity index (χ4v) is 3.70. The van der Waals surface area contributed by atoms with Crippen LogP contribution in [0, 0.1) is 11.7 Å². The number of urea groups is 1. The van der Waals surface area contributed by atoms with Crippen LogP contribution in [-0.2, 0) is 4.79 Å². The van der Waals surface area contributed by atoms with Crippen molar-refractivity contribution < 1.29 is 14.0 Å². The first-order chi connectivity index (χ1) is 12.0. The van der Waals surface area contributed by atoms with Crippen LogP contribution < -0.4 is 16.0 Å². The summed E-state index contributed by atoms with van der Waals surface area (Å²) in [6.45, 7) is 2.88. The Bertz CT molecular complexity index is 646. The van der Waals surface area contributed by atoms with Crippen LogP contribution in [0.15, 0.2) is 18.2 Å². The number of nitrogens with two attached hydrogens (primary N) is 1. The lowest BCUT2D eigenvalue weighted by Crippen LogP contribution is -2.43. The SMILES string of the molecule is NC(=O)C[C@H]1CCCN(C(=O)Nc2ccc(N3CCCC3)c(F)c2)C1. The molecular weight excluding hydrogens is 323 g/mol. The molecule has 3 N–H and O–H groups in total.